The molecule has 0 aromatic heterocycles. The van der Waals surface area contributed by atoms with Gasteiger partial charge in [0.25, 0.3) is 5.91 Å². The Labute approximate surface area is 176 Å². The average Bonchev–Trinajstić information content (AvgIpc) is 3.02. The van der Waals surface area contributed by atoms with Crippen molar-refractivity contribution >= 4 is 40.9 Å². The van der Waals surface area contributed by atoms with Gasteiger partial charge in [-0.2, -0.15) is 0 Å². The number of carbonyl (C=O) groups is 2. The third kappa shape index (κ3) is 6.54. The summed E-state index contributed by atoms with van der Waals surface area (Å²) in [5.74, 6) is -0.236. The maximum atomic E-state index is 12.6. The first-order valence-corrected chi connectivity index (χ1v) is 10.3. The van der Waals surface area contributed by atoms with Crippen molar-refractivity contribution in [2.75, 3.05) is 18.4 Å². The molecule has 2 aromatic rings. The van der Waals surface area contributed by atoms with Gasteiger partial charge < -0.3 is 10.2 Å². The lowest BCUT2D eigenvalue weighted by Crippen LogP contribution is -2.33. The molecule has 1 aliphatic rings. The van der Waals surface area contributed by atoms with E-state index in [1.54, 1.807) is 30.3 Å². The number of carbonyl (C=O) groups excluding carboxylic acids is 2. The Balaban J connectivity index is 1.51. The SMILES string of the molecule is O=C(/C=C/c1ccccc1)NC(=S)Nc1ccc(C(=O)N2CCCCCC2)cc1. The molecule has 6 heteroatoms. The van der Waals surface area contributed by atoms with Crippen LogP contribution in [0.25, 0.3) is 6.08 Å². The largest absolute Gasteiger partial charge is 0.339 e. The summed E-state index contributed by atoms with van der Waals surface area (Å²) in [6.07, 6.45) is 7.68. The van der Waals surface area contributed by atoms with Gasteiger partial charge >= 0.3 is 0 Å². The standard InChI is InChI=1S/C23H25N3O2S/c27-21(15-10-18-8-4-3-5-9-18)25-23(29)24-20-13-11-19(12-14-20)22(28)26-16-6-1-2-7-17-26/h3-5,8-15H,1-2,6-7,16-17H2,(H2,24,25,27,29)/b15-10+. The minimum absolute atomic E-state index is 0.0698. The van der Waals surface area contributed by atoms with Gasteiger partial charge in [-0.3, -0.25) is 14.9 Å². The molecule has 3 rings (SSSR count). The second-order valence-electron chi connectivity index (χ2n) is 6.97. The Kier molecular flexibility index (Phi) is 7.53. The first kappa shape index (κ1) is 20.7. The average molecular weight is 408 g/mol. The molecule has 0 saturated carbocycles. The van der Waals surface area contributed by atoms with E-state index in [2.05, 4.69) is 10.6 Å². The van der Waals surface area contributed by atoms with Crippen molar-refractivity contribution in [2.24, 2.45) is 0 Å². The van der Waals surface area contributed by atoms with Crippen LogP contribution in [0, 0.1) is 0 Å². The normalized spacial score (nSPS) is 14.3. The first-order valence-electron chi connectivity index (χ1n) is 9.86. The van der Waals surface area contributed by atoms with Crippen molar-refractivity contribution in [1.29, 1.82) is 0 Å². The minimum atomic E-state index is -0.306. The van der Waals surface area contributed by atoms with Crippen molar-refractivity contribution in [3.8, 4) is 0 Å². The van der Waals surface area contributed by atoms with Crippen LogP contribution in [0.3, 0.4) is 0 Å². The van der Waals surface area contributed by atoms with Crippen molar-refractivity contribution in [3.05, 3.63) is 71.8 Å². The third-order valence-corrected chi connectivity index (χ3v) is 4.95. The lowest BCUT2D eigenvalue weighted by molar-refractivity contribution is -0.115. The number of nitrogens with zero attached hydrogens (tertiary/aromatic N) is 1. The molecular weight excluding hydrogens is 382 g/mol. The monoisotopic (exact) mass is 407 g/mol. The van der Waals surface area contributed by atoms with E-state index < -0.39 is 0 Å². The van der Waals surface area contributed by atoms with Crippen LogP contribution in [-0.2, 0) is 4.79 Å². The van der Waals surface area contributed by atoms with E-state index in [-0.39, 0.29) is 16.9 Å². The maximum Gasteiger partial charge on any atom is 0.253 e. The highest BCUT2D eigenvalue weighted by molar-refractivity contribution is 7.80. The summed E-state index contributed by atoms with van der Waals surface area (Å²) in [4.78, 5) is 26.6. The summed E-state index contributed by atoms with van der Waals surface area (Å²) in [5.41, 5.74) is 2.32. The highest BCUT2D eigenvalue weighted by Gasteiger charge is 2.17. The summed E-state index contributed by atoms with van der Waals surface area (Å²) in [5, 5.41) is 5.79. The Morgan fingerprint density at radius 3 is 2.21 bits per heavy atom. The Morgan fingerprint density at radius 1 is 0.897 bits per heavy atom. The number of thiocarbonyl (C=S) groups is 1. The molecule has 0 spiro atoms. The lowest BCUT2D eigenvalue weighted by atomic mass is 10.1. The van der Waals surface area contributed by atoms with E-state index in [9.17, 15) is 9.59 Å². The number of benzene rings is 2. The zero-order chi connectivity index (χ0) is 20.5. The molecule has 0 atom stereocenters. The van der Waals surface area contributed by atoms with Crippen molar-refractivity contribution < 1.29 is 9.59 Å². The van der Waals surface area contributed by atoms with Gasteiger partial charge in [0.15, 0.2) is 5.11 Å². The smallest absolute Gasteiger partial charge is 0.253 e. The molecule has 0 unspecified atom stereocenters. The molecule has 0 aliphatic carbocycles. The van der Waals surface area contributed by atoms with E-state index in [0.29, 0.717) is 5.56 Å². The Morgan fingerprint density at radius 2 is 1.55 bits per heavy atom. The number of rotatable bonds is 4. The van der Waals surface area contributed by atoms with Crippen molar-refractivity contribution in [3.63, 3.8) is 0 Å². The summed E-state index contributed by atoms with van der Waals surface area (Å²) in [6, 6.07) is 16.7. The number of hydrogen-bond donors (Lipinski definition) is 2. The molecule has 2 aromatic carbocycles. The van der Waals surface area contributed by atoms with E-state index in [1.807, 2.05) is 35.2 Å². The Bertz CT molecular complexity index is 871. The number of likely N-dealkylation sites (tertiary alicyclic amines) is 1. The van der Waals surface area contributed by atoms with Gasteiger partial charge in [-0.05, 0) is 61.0 Å². The predicted octanol–water partition coefficient (Wildman–Crippen LogP) is 4.23. The van der Waals surface area contributed by atoms with Gasteiger partial charge in [0.1, 0.15) is 0 Å². The molecule has 0 bridgehead atoms. The highest BCUT2D eigenvalue weighted by atomic mass is 32.1. The van der Waals surface area contributed by atoms with Crippen LogP contribution >= 0.6 is 12.2 Å². The van der Waals surface area contributed by atoms with E-state index in [1.165, 1.54) is 18.9 Å². The molecule has 150 valence electrons. The summed E-state index contributed by atoms with van der Waals surface area (Å²) >= 11 is 5.19. The number of hydrogen-bond acceptors (Lipinski definition) is 3. The number of nitrogens with one attached hydrogen (secondary N) is 2. The molecule has 0 radical (unpaired) electrons. The zero-order valence-corrected chi connectivity index (χ0v) is 17.1. The molecule has 1 saturated heterocycles. The van der Waals surface area contributed by atoms with Crippen molar-refractivity contribution in [1.82, 2.24) is 10.2 Å². The van der Waals surface area contributed by atoms with Crippen LogP contribution in [0.1, 0.15) is 41.6 Å². The van der Waals surface area contributed by atoms with Gasteiger partial charge in [0.05, 0.1) is 0 Å². The molecule has 2 amide bonds. The van der Waals surface area contributed by atoms with Gasteiger partial charge in [-0.15, -0.1) is 0 Å². The quantitative estimate of drug-likeness (QED) is 0.588. The van der Waals surface area contributed by atoms with Crippen LogP contribution in [0.5, 0.6) is 0 Å². The van der Waals surface area contributed by atoms with Crippen LogP contribution in [-0.4, -0.2) is 34.9 Å². The first-order chi connectivity index (χ1) is 14.1. The van der Waals surface area contributed by atoms with Crippen LogP contribution in [0.2, 0.25) is 0 Å². The molecule has 1 heterocycles. The van der Waals surface area contributed by atoms with Gasteiger partial charge in [-0.1, -0.05) is 43.2 Å². The number of anilines is 1. The molecule has 1 fully saturated rings. The van der Waals surface area contributed by atoms with E-state index in [4.69, 9.17) is 12.2 Å². The van der Waals surface area contributed by atoms with Gasteiger partial charge in [0.2, 0.25) is 5.91 Å². The highest BCUT2D eigenvalue weighted by Crippen LogP contribution is 2.15. The molecule has 5 nitrogen and oxygen atoms in total. The number of amides is 2. The van der Waals surface area contributed by atoms with Crippen LogP contribution in [0.4, 0.5) is 5.69 Å². The predicted molar refractivity (Wildman–Crippen MR) is 121 cm³/mol. The minimum Gasteiger partial charge on any atom is -0.339 e. The van der Waals surface area contributed by atoms with Crippen molar-refractivity contribution in [2.45, 2.75) is 25.7 Å². The van der Waals surface area contributed by atoms with Gasteiger partial charge in [0, 0.05) is 30.4 Å². The Hall–Kier alpha value is -2.99. The van der Waals surface area contributed by atoms with Crippen LogP contribution < -0.4 is 10.6 Å². The fourth-order valence-corrected chi connectivity index (χ4v) is 3.42. The topological polar surface area (TPSA) is 61.4 Å². The summed E-state index contributed by atoms with van der Waals surface area (Å²) in [7, 11) is 0. The fraction of sp³-hybridized carbons (Fsp3) is 0.261. The second kappa shape index (κ2) is 10.5. The molecule has 2 N–H and O–H groups in total. The third-order valence-electron chi connectivity index (χ3n) is 4.75. The fourth-order valence-electron chi connectivity index (χ4n) is 3.20. The molecular formula is C23H25N3O2S. The molecule has 29 heavy (non-hydrogen) atoms. The zero-order valence-electron chi connectivity index (χ0n) is 16.3. The second-order valence-corrected chi connectivity index (χ2v) is 7.38. The summed E-state index contributed by atoms with van der Waals surface area (Å²) < 4.78 is 0. The van der Waals surface area contributed by atoms with E-state index >= 15 is 0 Å². The van der Waals surface area contributed by atoms with Crippen LogP contribution in [0.15, 0.2) is 60.7 Å². The summed E-state index contributed by atoms with van der Waals surface area (Å²) in [6.45, 7) is 1.65. The van der Waals surface area contributed by atoms with Gasteiger partial charge in [-0.25, -0.2) is 0 Å². The molecule has 1 aliphatic heterocycles. The maximum absolute atomic E-state index is 12.6. The lowest BCUT2D eigenvalue weighted by Gasteiger charge is -2.20. The van der Waals surface area contributed by atoms with E-state index in [0.717, 1.165) is 37.2 Å².